The highest BCUT2D eigenvalue weighted by Crippen LogP contribution is 2.20. The van der Waals surface area contributed by atoms with Crippen molar-refractivity contribution in [2.24, 2.45) is 0 Å². The summed E-state index contributed by atoms with van der Waals surface area (Å²) in [5.74, 6) is 1.17. The molecule has 0 radical (unpaired) electrons. The van der Waals surface area contributed by atoms with E-state index in [-0.39, 0.29) is 0 Å². The molecule has 1 nitrogen and oxygen atoms in total. The fourth-order valence-electron chi connectivity index (χ4n) is 1.10. The lowest BCUT2D eigenvalue weighted by Gasteiger charge is -2.08. The number of nitrogens with zero attached hydrogens (tertiary/aromatic N) is 1. The van der Waals surface area contributed by atoms with Crippen LogP contribution in [0, 0.1) is 0 Å². The van der Waals surface area contributed by atoms with Gasteiger partial charge in [-0.25, -0.2) is 0 Å². The quantitative estimate of drug-likeness (QED) is 0.563. The Bertz CT molecular complexity index is 258. The third-order valence-corrected chi connectivity index (χ3v) is 3.18. The second kappa shape index (κ2) is 6.33. The molecule has 0 saturated carbocycles. The minimum absolute atomic E-state index is 0.808. The van der Waals surface area contributed by atoms with E-state index in [2.05, 4.69) is 31.1 Å². The number of benzene rings is 1. The van der Waals surface area contributed by atoms with Crippen molar-refractivity contribution in [2.45, 2.75) is 11.3 Å². The summed E-state index contributed by atoms with van der Waals surface area (Å²) in [5, 5.41) is 0.808. The third kappa shape index (κ3) is 4.89. The largest absolute Gasteiger partial charge is 0.309 e. The van der Waals surface area contributed by atoms with Gasteiger partial charge in [0.15, 0.2) is 0 Å². The van der Waals surface area contributed by atoms with Crippen LogP contribution in [0.25, 0.3) is 0 Å². The van der Waals surface area contributed by atoms with Crippen LogP contribution in [0.4, 0.5) is 0 Å². The second-order valence-electron chi connectivity index (χ2n) is 3.46. The lowest BCUT2D eigenvalue weighted by atomic mass is 10.4. The number of rotatable bonds is 5. The van der Waals surface area contributed by atoms with E-state index in [0.29, 0.717) is 0 Å². The Labute approximate surface area is 95.4 Å². The van der Waals surface area contributed by atoms with E-state index in [9.17, 15) is 0 Å². The monoisotopic (exact) mass is 229 g/mol. The topological polar surface area (TPSA) is 3.24 Å². The first-order valence-corrected chi connectivity index (χ1v) is 6.08. The molecular formula is C11H16ClNS. The maximum atomic E-state index is 5.80. The fraction of sp³-hybridized carbons (Fsp3) is 0.455. The number of thioether (sulfide) groups is 1. The Morgan fingerprint density at radius 2 is 1.86 bits per heavy atom. The lowest BCUT2D eigenvalue weighted by molar-refractivity contribution is 0.410. The van der Waals surface area contributed by atoms with Gasteiger partial charge in [-0.3, -0.25) is 0 Å². The summed E-state index contributed by atoms with van der Waals surface area (Å²) in [6, 6.07) is 8.02. The molecule has 0 fully saturated rings. The first-order valence-electron chi connectivity index (χ1n) is 4.71. The van der Waals surface area contributed by atoms with E-state index in [4.69, 9.17) is 11.6 Å². The summed E-state index contributed by atoms with van der Waals surface area (Å²) in [5.41, 5.74) is 0. The average Bonchev–Trinajstić information content (AvgIpc) is 2.15. The molecule has 0 N–H and O–H groups in total. The van der Waals surface area contributed by atoms with Gasteiger partial charge in [-0.1, -0.05) is 11.6 Å². The molecule has 0 saturated heterocycles. The summed E-state index contributed by atoms with van der Waals surface area (Å²) in [6.07, 6.45) is 1.22. The van der Waals surface area contributed by atoms with Crippen LogP contribution in [0.2, 0.25) is 5.02 Å². The van der Waals surface area contributed by atoms with Crippen molar-refractivity contribution in [3.05, 3.63) is 29.3 Å². The molecule has 1 rings (SSSR count). The van der Waals surface area contributed by atoms with Crippen molar-refractivity contribution in [1.29, 1.82) is 0 Å². The van der Waals surface area contributed by atoms with Crippen molar-refractivity contribution in [2.75, 3.05) is 26.4 Å². The molecule has 0 unspecified atom stereocenters. The molecule has 0 atom stereocenters. The Morgan fingerprint density at radius 1 is 1.21 bits per heavy atom. The zero-order valence-electron chi connectivity index (χ0n) is 8.66. The predicted octanol–water partition coefficient (Wildman–Crippen LogP) is 3.38. The predicted molar refractivity (Wildman–Crippen MR) is 65.3 cm³/mol. The van der Waals surface area contributed by atoms with E-state index in [1.807, 2.05) is 23.9 Å². The van der Waals surface area contributed by atoms with Crippen LogP contribution in [0.1, 0.15) is 6.42 Å². The van der Waals surface area contributed by atoms with Gasteiger partial charge in [0.05, 0.1) is 0 Å². The summed E-state index contributed by atoms with van der Waals surface area (Å²) in [6.45, 7) is 1.15. The van der Waals surface area contributed by atoms with Crippen LogP contribution in [-0.4, -0.2) is 31.3 Å². The van der Waals surface area contributed by atoms with Gasteiger partial charge in [0.25, 0.3) is 0 Å². The van der Waals surface area contributed by atoms with E-state index >= 15 is 0 Å². The van der Waals surface area contributed by atoms with Crippen molar-refractivity contribution >= 4 is 23.4 Å². The van der Waals surface area contributed by atoms with Crippen LogP contribution in [0.3, 0.4) is 0 Å². The van der Waals surface area contributed by atoms with Crippen LogP contribution in [0.5, 0.6) is 0 Å². The van der Waals surface area contributed by atoms with Crippen LogP contribution >= 0.6 is 23.4 Å². The Hall–Kier alpha value is -0.180. The molecule has 0 amide bonds. The molecule has 0 aliphatic carbocycles. The Morgan fingerprint density at radius 3 is 2.43 bits per heavy atom. The van der Waals surface area contributed by atoms with Crippen molar-refractivity contribution in [1.82, 2.24) is 4.90 Å². The second-order valence-corrected chi connectivity index (χ2v) is 5.06. The summed E-state index contributed by atoms with van der Waals surface area (Å²) >= 11 is 7.68. The van der Waals surface area contributed by atoms with Gasteiger partial charge in [0.1, 0.15) is 0 Å². The van der Waals surface area contributed by atoms with E-state index < -0.39 is 0 Å². The minimum Gasteiger partial charge on any atom is -0.309 e. The van der Waals surface area contributed by atoms with Gasteiger partial charge >= 0.3 is 0 Å². The van der Waals surface area contributed by atoms with Gasteiger partial charge in [0, 0.05) is 9.92 Å². The normalized spacial score (nSPS) is 10.9. The molecule has 14 heavy (non-hydrogen) atoms. The van der Waals surface area contributed by atoms with Gasteiger partial charge in [-0.15, -0.1) is 11.8 Å². The Kier molecular flexibility index (Phi) is 5.38. The van der Waals surface area contributed by atoms with E-state index in [0.717, 1.165) is 11.6 Å². The number of hydrogen-bond acceptors (Lipinski definition) is 2. The molecule has 3 heteroatoms. The highest BCUT2D eigenvalue weighted by atomic mass is 35.5. The van der Waals surface area contributed by atoms with Crippen LogP contribution in [-0.2, 0) is 0 Å². The summed E-state index contributed by atoms with van der Waals surface area (Å²) in [4.78, 5) is 3.51. The molecular weight excluding hydrogens is 214 g/mol. The van der Waals surface area contributed by atoms with E-state index in [1.54, 1.807) is 0 Å². The molecule has 0 bridgehead atoms. The highest BCUT2D eigenvalue weighted by Gasteiger charge is 1.95. The first-order chi connectivity index (χ1) is 6.68. The molecule has 0 aliphatic rings. The molecule has 0 heterocycles. The van der Waals surface area contributed by atoms with Crippen molar-refractivity contribution in [3.8, 4) is 0 Å². The maximum Gasteiger partial charge on any atom is 0.0406 e. The van der Waals surface area contributed by atoms with E-state index in [1.165, 1.54) is 17.1 Å². The molecule has 78 valence electrons. The molecule has 1 aromatic carbocycles. The number of hydrogen-bond donors (Lipinski definition) is 0. The van der Waals surface area contributed by atoms with Gasteiger partial charge in [-0.05, 0) is 57.1 Å². The average molecular weight is 230 g/mol. The van der Waals surface area contributed by atoms with Crippen molar-refractivity contribution in [3.63, 3.8) is 0 Å². The van der Waals surface area contributed by atoms with Crippen molar-refractivity contribution < 1.29 is 0 Å². The standard InChI is InChI=1S/C11H16ClNS/c1-13(2)8-3-9-14-11-6-4-10(12)5-7-11/h4-7H,3,8-9H2,1-2H3. The lowest BCUT2D eigenvalue weighted by Crippen LogP contribution is -2.13. The molecule has 0 spiro atoms. The fourth-order valence-corrected chi connectivity index (χ4v) is 2.07. The third-order valence-electron chi connectivity index (χ3n) is 1.83. The Balaban J connectivity index is 2.21. The van der Waals surface area contributed by atoms with Gasteiger partial charge in [0.2, 0.25) is 0 Å². The summed E-state index contributed by atoms with van der Waals surface area (Å²) < 4.78 is 0. The first kappa shape index (κ1) is 11.9. The zero-order valence-corrected chi connectivity index (χ0v) is 10.2. The molecule has 1 aromatic rings. The smallest absolute Gasteiger partial charge is 0.0406 e. The summed E-state index contributed by atoms with van der Waals surface area (Å²) in [7, 11) is 4.21. The number of halogens is 1. The SMILES string of the molecule is CN(C)CCCSc1ccc(Cl)cc1. The van der Waals surface area contributed by atoms with Gasteiger partial charge in [-0.2, -0.15) is 0 Å². The minimum atomic E-state index is 0.808. The van der Waals surface area contributed by atoms with Crippen LogP contribution < -0.4 is 0 Å². The maximum absolute atomic E-state index is 5.80. The highest BCUT2D eigenvalue weighted by molar-refractivity contribution is 7.99. The molecule has 0 aromatic heterocycles. The van der Waals surface area contributed by atoms with Crippen LogP contribution in [0.15, 0.2) is 29.2 Å². The zero-order chi connectivity index (χ0) is 10.4. The molecule has 0 aliphatic heterocycles. The van der Waals surface area contributed by atoms with Gasteiger partial charge < -0.3 is 4.90 Å².